The number of hydrogen-bond acceptors (Lipinski definition) is 3. The highest BCUT2D eigenvalue weighted by Gasteiger charge is 2.34. The zero-order chi connectivity index (χ0) is 18.0. The molecule has 25 heavy (non-hydrogen) atoms. The molecule has 130 valence electrons. The van der Waals surface area contributed by atoms with Crippen LogP contribution in [0, 0.1) is 19.8 Å². The zero-order valence-electron chi connectivity index (χ0n) is 14.6. The molecule has 0 aliphatic carbocycles. The molecule has 0 aromatic heterocycles. The Morgan fingerprint density at radius 1 is 1.20 bits per heavy atom. The van der Waals surface area contributed by atoms with Gasteiger partial charge in [0.2, 0.25) is 11.8 Å². The van der Waals surface area contributed by atoms with Crippen LogP contribution in [0.2, 0.25) is 0 Å². The fraction of sp³-hybridized carbons (Fsp3) is 0.300. The average Bonchev–Trinajstić information content (AvgIpc) is 2.94. The van der Waals surface area contributed by atoms with Gasteiger partial charge in [-0.05, 0) is 37.1 Å². The molecule has 2 aromatic carbocycles. The minimum absolute atomic E-state index is 0.0185. The Morgan fingerprint density at radius 2 is 1.92 bits per heavy atom. The largest absolute Gasteiger partial charge is 0.399 e. The summed E-state index contributed by atoms with van der Waals surface area (Å²) in [5.74, 6) is -0.447. The van der Waals surface area contributed by atoms with Crippen molar-refractivity contribution in [2.75, 3.05) is 17.6 Å². The van der Waals surface area contributed by atoms with Crippen LogP contribution >= 0.6 is 0 Å². The van der Waals surface area contributed by atoms with Gasteiger partial charge >= 0.3 is 0 Å². The van der Waals surface area contributed by atoms with Crippen LogP contribution in [0.15, 0.2) is 42.5 Å². The van der Waals surface area contributed by atoms with Crippen LogP contribution < -0.4 is 11.1 Å². The lowest BCUT2D eigenvalue weighted by molar-refractivity contribution is -0.128. The minimum atomic E-state index is -0.334. The van der Waals surface area contributed by atoms with Gasteiger partial charge in [-0.15, -0.1) is 0 Å². The molecule has 5 nitrogen and oxygen atoms in total. The number of anilines is 2. The predicted molar refractivity (Wildman–Crippen MR) is 98.9 cm³/mol. The van der Waals surface area contributed by atoms with Gasteiger partial charge < -0.3 is 16.0 Å². The number of nitrogen functional groups attached to an aromatic ring is 1. The van der Waals surface area contributed by atoms with Crippen LogP contribution in [0.1, 0.15) is 23.1 Å². The lowest BCUT2D eigenvalue weighted by atomic mass is 10.1. The monoisotopic (exact) mass is 337 g/mol. The molecule has 5 heteroatoms. The number of carbonyl (C=O) groups excluding carboxylic acids is 2. The quantitative estimate of drug-likeness (QED) is 0.842. The number of nitrogens with zero attached hydrogens (tertiary/aromatic N) is 1. The van der Waals surface area contributed by atoms with Crippen LogP contribution in [-0.4, -0.2) is 23.3 Å². The summed E-state index contributed by atoms with van der Waals surface area (Å²) in [6.07, 6.45) is 0.249. The second kappa shape index (κ2) is 6.97. The molecule has 1 aliphatic rings. The number of aryl methyl sites for hydroxylation is 2. The summed E-state index contributed by atoms with van der Waals surface area (Å²) in [6.45, 7) is 4.93. The second-order valence-electron chi connectivity index (χ2n) is 6.72. The summed E-state index contributed by atoms with van der Waals surface area (Å²) in [4.78, 5) is 26.5. The van der Waals surface area contributed by atoms with Gasteiger partial charge in [0.05, 0.1) is 5.92 Å². The van der Waals surface area contributed by atoms with Crippen molar-refractivity contribution >= 4 is 23.2 Å². The van der Waals surface area contributed by atoms with E-state index in [0.717, 1.165) is 11.1 Å². The van der Waals surface area contributed by atoms with E-state index in [2.05, 4.69) is 5.32 Å². The Kier molecular flexibility index (Phi) is 4.74. The summed E-state index contributed by atoms with van der Waals surface area (Å²) < 4.78 is 0. The molecule has 3 rings (SSSR count). The van der Waals surface area contributed by atoms with E-state index in [1.807, 2.05) is 44.2 Å². The van der Waals surface area contributed by atoms with E-state index >= 15 is 0 Å². The van der Waals surface area contributed by atoms with Crippen LogP contribution in [0.25, 0.3) is 0 Å². The van der Waals surface area contributed by atoms with Crippen molar-refractivity contribution in [2.24, 2.45) is 5.92 Å². The van der Waals surface area contributed by atoms with Crippen LogP contribution in [0.5, 0.6) is 0 Å². The van der Waals surface area contributed by atoms with E-state index in [-0.39, 0.29) is 24.2 Å². The molecule has 1 aliphatic heterocycles. The first kappa shape index (κ1) is 17.0. The number of likely N-dealkylation sites (tertiary alicyclic amines) is 1. The van der Waals surface area contributed by atoms with Crippen molar-refractivity contribution in [2.45, 2.75) is 26.8 Å². The van der Waals surface area contributed by atoms with Gasteiger partial charge in [0.1, 0.15) is 0 Å². The third kappa shape index (κ3) is 3.99. The van der Waals surface area contributed by atoms with E-state index in [1.165, 1.54) is 5.56 Å². The van der Waals surface area contributed by atoms with E-state index in [0.29, 0.717) is 24.5 Å². The third-order valence-electron chi connectivity index (χ3n) is 4.60. The highest BCUT2D eigenvalue weighted by molar-refractivity contribution is 5.97. The molecular formula is C20H23N3O2. The first-order chi connectivity index (χ1) is 11.9. The Bertz CT molecular complexity index is 799. The average molecular weight is 337 g/mol. The van der Waals surface area contributed by atoms with Crippen molar-refractivity contribution in [3.63, 3.8) is 0 Å². The van der Waals surface area contributed by atoms with Gasteiger partial charge in [0.25, 0.3) is 0 Å². The normalized spacial score (nSPS) is 17.0. The number of amides is 2. The molecule has 2 amide bonds. The lowest BCUT2D eigenvalue weighted by Gasteiger charge is -2.17. The Labute approximate surface area is 147 Å². The summed E-state index contributed by atoms with van der Waals surface area (Å²) >= 11 is 0. The van der Waals surface area contributed by atoms with Crippen molar-refractivity contribution < 1.29 is 9.59 Å². The van der Waals surface area contributed by atoms with Gasteiger partial charge in [-0.2, -0.15) is 0 Å². The number of hydrogen-bond donors (Lipinski definition) is 2. The van der Waals surface area contributed by atoms with Gasteiger partial charge in [0.15, 0.2) is 0 Å². The summed E-state index contributed by atoms with van der Waals surface area (Å²) in [6, 6.07) is 13.5. The molecule has 0 radical (unpaired) electrons. The van der Waals surface area contributed by atoms with Crippen molar-refractivity contribution in [3.05, 3.63) is 59.2 Å². The van der Waals surface area contributed by atoms with E-state index in [9.17, 15) is 9.59 Å². The van der Waals surface area contributed by atoms with Crippen molar-refractivity contribution in [3.8, 4) is 0 Å². The first-order valence-corrected chi connectivity index (χ1v) is 8.42. The molecule has 1 fully saturated rings. The number of carbonyl (C=O) groups is 2. The summed E-state index contributed by atoms with van der Waals surface area (Å²) in [5, 5.41) is 2.91. The summed E-state index contributed by atoms with van der Waals surface area (Å²) in [7, 11) is 0. The van der Waals surface area contributed by atoms with E-state index in [4.69, 9.17) is 5.73 Å². The highest BCUT2D eigenvalue weighted by Crippen LogP contribution is 2.24. The number of nitrogens with one attached hydrogen (secondary N) is 1. The molecule has 1 atom stereocenters. The standard InChI is InChI=1S/C20H23N3O2/c1-13-3-6-15(7-4-13)11-23-12-16(9-19(23)24)20(25)22-18-10-17(21)8-5-14(18)2/h3-8,10,16H,9,11-12,21H2,1-2H3,(H,22,25). The molecule has 1 saturated heterocycles. The Morgan fingerprint density at radius 3 is 2.64 bits per heavy atom. The summed E-state index contributed by atoms with van der Waals surface area (Å²) in [5.41, 5.74) is 10.3. The second-order valence-corrected chi connectivity index (χ2v) is 6.72. The molecule has 1 unspecified atom stereocenters. The number of nitrogens with two attached hydrogens (primary N) is 1. The molecule has 0 bridgehead atoms. The molecular weight excluding hydrogens is 314 g/mol. The molecule has 2 aromatic rings. The van der Waals surface area contributed by atoms with Crippen molar-refractivity contribution in [1.82, 2.24) is 4.90 Å². The first-order valence-electron chi connectivity index (χ1n) is 8.42. The topological polar surface area (TPSA) is 75.4 Å². The maximum absolute atomic E-state index is 12.5. The molecule has 0 spiro atoms. The SMILES string of the molecule is Cc1ccc(CN2CC(C(=O)Nc3cc(N)ccc3C)CC2=O)cc1. The number of benzene rings is 2. The van der Waals surface area contributed by atoms with Crippen LogP contribution in [-0.2, 0) is 16.1 Å². The Hall–Kier alpha value is -2.82. The Balaban J connectivity index is 1.64. The van der Waals surface area contributed by atoms with Gasteiger partial charge in [0, 0.05) is 30.9 Å². The number of rotatable bonds is 4. The maximum atomic E-state index is 12.5. The molecule has 0 saturated carbocycles. The fourth-order valence-electron chi connectivity index (χ4n) is 3.02. The highest BCUT2D eigenvalue weighted by atomic mass is 16.2. The molecule has 3 N–H and O–H groups in total. The van der Waals surface area contributed by atoms with Gasteiger partial charge in [-0.1, -0.05) is 35.9 Å². The van der Waals surface area contributed by atoms with Gasteiger partial charge in [-0.25, -0.2) is 0 Å². The maximum Gasteiger partial charge on any atom is 0.229 e. The van der Waals surface area contributed by atoms with Crippen molar-refractivity contribution in [1.29, 1.82) is 0 Å². The van der Waals surface area contributed by atoms with Crippen LogP contribution in [0.4, 0.5) is 11.4 Å². The van der Waals surface area contributed by atoms with E-state index in [1.54, 1.807) is 17.0 Å². The lowest BCUT2D eigenvalue weighted by Crippen LogP contribution is -2.28. The fourth-order valence-corrected chi connectivity index (χ4v) is 3.02. The predicted octanol–water partition coefficient (Wildman–Crippen LogP) is 2.87. The minimum Gasteiger partial charge on any atom is -0.399 e. The van der Waals surface area contributed by atoms with Gasteiger partial charge in [-0.3, -0.25) is 9.59 Å². The van der Waals surface area contributed by atoms with E-state index < -0.39 is 0 Å². The smallest absolute Gasteiger partial charge is 0.229 e. The third-order valence-corrected chi connectivity index (χ3v) is 4.60. The van der Waals surface area contributed by atoms with Crippen LogP contribution in [0.3, 0.4) is 0 Å². The zero-order valence-corrected chi connectivity index (χ0v) is 14.6. The molecule has 1 heterocycles.